The number of benzene rings is 1. The first-order valence-corrected chi connectivity index (χ1v) is 6.85. The normalized spacial score (nSPS) is 12.5. The van der Waals surface area contributed by atoms with Crippen molar-refractivity contribution in [1.29, 1.82) is 0 Å². The molecule has 0 spiro atoms. The van der Waals surface area contributed by atoms with E-state index in [0.717, 1.165) is 31.9 Å². The second kappa shape index (κ2) is 11.1. The van der Waals surface area contributed by atoms with E-state index in [2.05, 4.69) is 59.8 Å². The summed E-state index contributed by atoms with van der Waals surface area (Å²) in [4.78, 5) is 4.40. The molecule has 108 valence electrons. The van der Waals surface area contributed by atoms with E-state index in [1.165, 1.54) is 5.56 Å². The van der Waals surface area contributed by atoms with Crippen molar-refractivity contribution in [2.24, 2.45) is 4.99 Å². The number of guanidine groups is 1. The zero-order valence-corrected chi connectivity index (χ0v) is 14.5. The predicted molar refractivity (Wildman–Crippen MR) is 94.4 cm³/mol. The van der Waals surface area contributed by atoms with Gasteiger partial charge >= 0.3 is 0 Å². The van der Waals surface area contributed by atoms with Gasteiger partial charge < -0.3 is 10.6 Å². The van der Waals surface area contributed by atoms with Crippen LogP contribution in [0.5, 0.6) is 0 Å². The lowest BCUT2D eigenvalue weighted by molar-refractivity contribution is 0.594. The van der Waals surface area contributed by atoms with E-state index in [1.807, 2.05) is 6.92 Å². The van der Waals surface area contributed by atoms with Gasteiger partial charge in [-0.1, -0.05) is 30.3 Å². The summed E-state index contributed by atoms with van der Waals surface area (Å²) in [6.07, 6.45) is 2.21. The summed E-state index contributed by atoms with van der Waals surface area (Å²) in [6.45, 7) is 8.04. The lowest BCUT2D eigenvalue weighted by atomic mass is 10.1. The van der Waals surface area contributed by atoms with E-state index in [9.17, 15) is 0 Å². The summed E-state index contributed by atoms with van der Waals surface area (Å²) in [5, 5.41) is 6.68. The average molecular weight is 375 g/mol. The van der Waals surface area contributed by atoms with E-state index < -0.39 is 0 Å². The van der Waals surface area contributed by atoms with Crippen LogP contribution in [0.2, 0.25) is 0 Å². The maximum absolute atomic E-state index is 4.40. The summed E-state index contributed by atoms with van der Waals surface area (Å²) in [5.74, 6) is 0.917. The Kier molecular flexibility index (Phi) is 10.6. The highest BCUT2D eigenvalue weighted by Gasteiger charge is 2.04. The molecule has 1 aromatic rings. The molecule has 0 radical (unpaired) electrons. The second-order valence-corrected chi connectivity index (χ2v) is 4.42. The van der Waals surface area contributed by atoms with Crippen LogP contribution in [0.25, 0.3) is 0 Å². The van der Waals surface area contributed by atoms with Gasteiger partial charge in [-0.3, -0.25) is 4.99 Å². The Morgan fingerprint density at radius 3 is 2.47 bits per heavy atom. The van der Waals surface area contributed by atoms with Crippen molar-refractivity contribution >= 4 is 29.9 Å². The van der Waals surface area contributed by atoms with Crippen molar-refractivity contribution in [3.05, 3.63) is 35.9 Å². The molecule has 0 saturated carbocycles. The van der Waals surface area contributed by atoms with Gasteiger partial charge in [-0.05, 0) is 39.2 Å². The monoisotopic (exact) mass is 375 g/mol. The second-order valence-electron chi connectivity index (χ2n) is 4.42. The van der Waals surface area contributed by atoms with Gasteiger partial charge in [-0.15, -0.1) is 24.0 Å². The number of nitrogens with one attached hydrogen (secondary N) is 2. The molecule has 0 saturated heterocycles. The lowest BCUT2D eigenvalue weighted by Gasteiger charge is -2.17. The zero-order chi connectivity index (χ0) is 13.2. The fourth-order valence-corrected chi connectivity index (χ4v) is 1.81. The number of hydrogen-bond acceptors (Lipinski definition) is 1. The SMILES string of the molecule is CCN=C(NCC)NC(C)CCc1ccccc1.I. The van der Waals surface area contributed by atoms with Crippen molar-refractivity contribution in [1.82, 2.24) is 10.6 Å². The molecule has 0 bridgehead atoms. The first-order valence-electron chi connectivity index (χ1n) is 6.85. The molecule has 2 N–H and O–H groups in total. The van der Waals surface area contributed by atoms with Crippen molar-refractivity contribution in [3.8, 4) is 0 Å². The third-order valence-electron chi connectivity index (χ3n) is 2.75. The summed E-state index contributed by atoms with van der Waals surface area (Å²) in [7, 11) is 0. The molecule has 0 aromatic heterocycles. The Labute approximate surface area is 134 Å². The van der Waals surface area contributed by atoms with Crippen LogP contribution in [0.4, 0.5) is 0 Å². The zero-order valence-electron chi connectivity index (χ0n) is 12.1. The molecule has 4 heteroatoms. The Balaban J connectivity index is 0.00000324. The van der Waals surface area contributed by atoms with E-state index >= 15 is 0 Å². The van der Waals surface area contributed by atoms with Crippen LogP contribution >= 0.6 is 24.0 Å². The maximum Gasteiger partial charge on any atom is 0.191 e. The summed E-state index contributed by atoms with van der Waals surface area (Å²) < 4.78 is 0. The summed E-state index contributed by atoms with van der Waals surface area (Å²) in [6, 6.07) is 11.0. The van der Waals surface area contributed by atoms with Crippen molar-refractivity contribution in [2.45, 2.75) is 39.7 Å². The van der Waals surface area contributed by atoms with Crippen LogP contribution < -0.4 is 10.6 Å². The molecule has 0 heterocycles. The average Bonchev–Trinajstić information content (AvgIpc) is 2.38. The number of hydrogen-bond donors (Lipinski definition) is 2. The van der Waals surface area contributed by atoms with Crippen molar-refractivity contribution in [3.63, 3.8) is 0 Å². The van der Waals surface area contributed by atoms with Crippen LogP contribution in [-0.2, 0) is 6.42 Å². The quantitative estimate of drug-likeness (QED) is 0.455. The molecular weight excluding hydrogens is 349 g/mol. The lowest BCUT2D eigenvalue weighted by Crippen LogP contribution is -2.42. The van der Waals surface area contributed by atoms with Crippen LogP contribution in [0.1, 0.15) is 32.8 Å². The standard InChI is InChI=1S/C15H25N3.HI/c1-4-16-15(17-5-2)18-13(3)11-12-14-9-7-6-8-10-14;/h6-10,13H,4-5,11-12H2,1-3H3,(H2,16,17,18);1H. The largest absolute Gasteiger partial charge is 0.357 e. The molecule has 0 amide bonds. The third kappa shape index (κ3) is 8.08. The smallest absolute Gasteiger partial charge is 0.191 e. The third-order valence-corrected chi connectivity index (χ3v) is 2.75. The van der Waals surface area contributed by atoms with Crippen LogP contribution in [0, 0.1) is 0 Å². The molecule has 3 nitrogen and oxygen atoms in total. The first kappa shape index (κ1) is 18.2. The Hall–Kier alpha value is -0.780. The van der Waals surface area contributed by atoms with E-state index in [0.29, 0.717) is 6.04 Å². The highest BCUT2D eigenvalue weighted by atomic mass is 127. The van der Waals surface area contributed by atoms with Crippen LogP contribution in [-0.4, -0.2) is 25.1 Å². The van der Waals surface area contributed by atoms with Crippen molar-refractivity contribution < 1.29 is 0 Å². The molecule has 0 aliphatic rings. The Bertz CT molecular complexity index is 352. The van der Waals surface area contributed by atoms with Gasteiger partial charge in [-0.25, -0.2) is 0 Å². The predicted octanol–water partition coefficient (Wildman–Crippen LogP) is 3.20. The summed E-state index contributed by atoms with van der Waals surface area (Å²) in [5.41, 5.74) is 1.39. The fourth-order valence-electron chi connectivity index (χ4n) is 1.81. The number of aryl methyl sites for hydroxylation is 1. The molecule has 1 aromatic carbocycles. The fraction of sp³-hybridized carbons (Fsp3) is 0.533. The number of nitrogens with zero attached hydrogens (tertiary/aromatic N) is 1. The number of aliphatic imine (C=N–C) groups is 1. The van der Waals surface area contributed by atoms with Gasteiger partial charge in [0.2, 0.25) is 0 Å². The molecule has 0 aliphatic heterocycles. The summed E-state index contributed by atoms with van der Waals surface area (Å²) >= 11 is 0. The van der Waals surface area contributed by atoms with E-state index in [1.54, 1.807) is 0 Å². The van der Waals surface area contributed by atoms with Gasteiger partial charge in [0.25, 0.3) is 0 Å². The minimum atomic E-state index is 0. The molecule has 0 aliphatic carbocycles. The van der Waals surface area contributed by atoms with Crippen LogP contribution in [0.3, 0.4) is 0 Å². The highest BCUT2D eigenvalue weighted by molar-refractivity contribution is 14.0. The molecule has 19 heavy (non-hydrogen) atoms. The van der Waals surface area contributed by atoms with Gasteiger partial charge in [0.05, 0.1) is 0 Å². The molecule has 1 atom stereocenters. The van der Waals surface area contributed by atoms with E-state index in [4.69, 9.17) is 0 Å². The highest BCUT2D eigenvalue weighted by Crippen LogP contribution is 2.04. The Morgan fingerprint density at radius 1 is 1.21 bits per heavy atom. The van der Waals surface area contributed by atoms with Crippen LogP contribution in [0.15, 0.2) is 35.3 Å². The molecule has 1 rings (SSSR count). The van der Waals surface area contributed by atoms with Gasteiger partial charge in [0, 0.05) is 19.1 Å². The Morgan fingerprint density at radius 2 is 1.89 bits per heavy atom. The molecule has 1 unspecified atom stereocenters. The van der Waals surface area contributed by atoms with E-state index in [-0.39, 0.29) is 24.0 Å². The van der Waals surface area contributed by atoms with Gasteiger partial charge in [-0.2, -0.15) is 0 Å². The maximum atomic E-state index is 4.40. The van der Waals surface area contributed by atoms with Crippen molar-refractivity contribution in [2.75, 3.05) is 13.1 Å². The number of halogens is 1. The minimum Gasteiger partial charge on any atom is -0.357 e. The topological polar surface area (TPSA) is 36.4 Å². The first-order chi connectivity index (χ1) is 8.76. The number of rotatable bonds is 6. The molecular formula is C15H26IN3. The van der Waals surface area contributed by atoms with Gasteiger partial charge in [0.1, 0.15) is 0 Å². The molecule has 0 fully saturated rings. The van der Waals surface area contributed by atoms with Gasteiger partial charge in [0.15, 0.2) is 5.96 Å². The minimum absolute atomic E-state index is 0.